The zero-order chi connectivity index (χ0) is 24.9. The summed E-state index contributed by atoms with van der Waals surface area (Å²) in [5.74, 6) is 0.667. The predicted molar refractivity (Wildman–Crippen MR) is 144 cm³/mol. The van der Waals surface area contributed by atoms with Crippen LogP contribution in [0.5, 0.6) is 5.75 Å². The van der Waals surface area contributed by atoms with Crippen LogP contribution in [0, 0.1) is 0 Å². The molecule has 0 spiro atoms. The van der Waals surface area contributed by atoms with Gasteiger partial charge >= 0.3 is 0 Å². The van der Waals surface area contributed by atoms with Gasteiger partial charge in [0.1, 0.15) is 12.4 Å². The van der Waals surface area contributed by atoms with Crippen LogP contribution in [0.2, 0.25) is 0 Å². The zero-order valence-corrected chi connectivity index (χ0v) is 20.4. The molecule has 2 heterocycles. The second-order valence-corrected chi connectivity index (χ2v) is 8.74. The standard InChI is InChI=1S/C32H29NO3/c1-2-25-27(19-21-34)30-29(36-22-23-12-5-3-6-13-23)18-11-20-33(30)31(25)32(35)28-17-10-9-16-26(28)24-14-7-4-8-15-24/h3-18,20,34H,2,19,21-22H2,1H3. The second-order valence-electron chi connectivity index (χ2n) is 8.74. The lowest BCUT2D eigenvalue weighted by Crippen LogP contribution is -2.10. The summed E-state index contributed by atoms with van der Waals surface area (Å²) >= 11 is 0. The van der Waals surface area contributed by atoms with Crippen LogP contribution in [0.15, 0.2) is 103 Å². The number of hydrogen-bond donors (Lipinski definition) is 1. The van der Waals surface area contributed by atoms with Gasteiger partial charge in [-0.05, 0) is 52.8 Å². The second kappa shape index (κ2) is 10.6. The average molecular weight is 476 g/mol. The summed E-state index contributed by atoms with van der Waals surface area (Å²) in [4.78, 5) is 14.2. The Morgan fingerprint density at radius 3 is 2.25 bits per heavy atom. The number of fused-ring (bicyclic) bond motifs is 1. The fraction of sp³-hybridized carbons (Fsp3) is 0.156. The highest BCUT2D eigenvalue weighted by Crippen LogP contribution is 2.35. The van der Waals surface area contributed by atoms with Gasteiger partial charge in [0.2, 0.25) is 5.78 Å². The van der Waals surface area contributed by atoms with Crippen LogP contribution in [-0.4, -0.2) is 21.9 Å². The van der Waals surface area contributed by atoms with Crippen LogP contribution in [0.4, 0.5) is 0 Å². The highest BCUT2D eigenvalue weighted by atomic mass is 16.5. The van der Waals surface area contributed by atoms with E-state index in [2.05, 4.69) is 6.92 Å². The fourth-order valence-electron chi connectivity index (χ4n) is 4.94. The summed E-state index contributed by atoms with van der Waals surface area (Å²) in [6, 6.07) is 31.6. The molecule has 180 valence electrons. The Hall–Kier alpha value is -4.15. The van der Waals surface area contributed by atoms with E-state index in [1.54, 1.807) is 0 Å². The molecule has 0 bridgehead atoms. The van der Waals surface area contributed by atoms with E-state index in [1.807, 2.05) is 108 Å². The van der Waals surface area contributed by atoms with E-state index < -0.39 is 0 Å². The maximum Gasteiger partial charge on any atom is 0.210 e. The summed E-state index contributed by atoms with van der Waals surface area (Å²) in [5.41, 5.74) is 7.02. The molecule has 0 aliphatic rings. The Morgan fingerprint density at radius 2 is 1.53 bits per heavy atom. The van der Waals surface area contributed by atoms with Gasteiger partial charge in [-0.3, -0.25) is 4.79 Å². The maximum absolute atomic E-state index is 14.2. The molecule has 2 aromatic heterocycles. The van der Waals surface area contributed by atoms with Gasteiger partial charge < -0.3 is 14.2 Å². The molecule has 0 fully saturated rings. The van der Waals surface area contributed by atoms with Crippen molar-refractivity contribution < 1.29 is 14.6 Å². The molecule has 0 atom stereocenters. The van der Waals surface area contributed by atoms with Crippen LogP contribution in [0.25, 0.3) is 16.6 Å². The first-order valence-electron chi connectivity index (χ1n) is 12.3. The molecular weight excluding hydrogens is 446 g/mol. The molecular formula is C32H29NO3. The van der Waals surface area contributed by atoms with Crippen molar-refractivity contribution in [3.8, 4) is 16.9 Å². The molecule has 4 heteroatoms. The van der Waals surface area contributed by atoms with Gasteiger partial charge in [-0.1, -0.05) is 91.9 Å². The average Bonchev–Trinajstić information content (AvgIpc) is 3.26. The molecule has 3 aromatic carbocycles. The summed E-state index contributed by atoms with van der Waals surface area (Å²) < 4.78 is 8.22. The molecule has 0 saturated heterocycles. The van der Waals surface area contributed by atoms with Gasteiger partial charge in [-0.15, -0.1) is 0 Å². The van der Waals surface area contributed by atoms with Crippen molar-refractivity contribution in [3.63, 3.8) is 0 Å². The monoisotopic (exact) mass is 475 g/mol. The van der Waals surface area contributed by atoms with Crippen LogP contribution < -0.4 is 4.74 Å². The van der Waals surface area contributed by atoms with Crippen molar-refractivity contribution in [2.45, 2.75) is 26.4 Å². The number of carbonyl (C=O) groups excluding carboxylic acids is 1. The van der Waals surface area contributed by atoms with E-state index in [1.165, 1.54) is 0 Å². The Morgan fingerprint density at radius 1 is 0.833 bits per heavy atom. The Bertz CT molecular complexity index is 1490. The summed E-state index contributed by atoms with van der Waals surface area (Å²) in [5, 5.41) is 9.92. The number of nitrogens with zero attached hydrogens (tertiary/aromatic N) is 1. The van der Waals surface area contributed by atoms with E-state index in [0.717, 1.165) is 33.3 Å². The molecule has 5 rings (SSSR count). The number of aliphatic hydroxyl groups excluding tert-OH is 1. The van der Waals surface area contributed by atoms with Gasteiger partial charge in [-0.2, -0.15) is 0 Å². The quantitative estimate of drug-likeness (QED) is 0.247. The van der Waals surface area contributed by atoms with Crippen molar-refractivity contribution >= 4 is 11.3 Å². The smallest absolute Gasteiger partial charge is 0.210 e. The SMILES string of the molecule is CCc1c(CCO)c2c(OCc3ccccc3)cccn2c1C(=O)c1ccccc1-c1ccccc1. The number of hydrogen-bond acceptors (Lipinski definition) is 3. The zero-order valence-electron chi connectivity index (χ0n) is 20.4. The topological polar surface area (TPSA) is 50.9 Å². The van der Waals surface area contributed by atoms with Crippen molar-refractivity contribution in [1.82, 2.24) is 4.40 Å². The van der Waals surface area contributed by atoms with Crippen molar-refractivity contribution in [1.29, 1.82) is 0 Å². The van der Waals surface area contributed by atoms with Crippen LogP contribution in [0.1, 0.15) is 39.7 Å². The molecule has 4 nitrogen and oxygen atoms in total. The number of aromatic nitrogens is 1. The third kappa shape index (κ3) is 4.43. The number of benzene rings is 3. The number of aliphatic hydroxyl groups is 1. The van der Waals surface area contributed by atoms with Crippen molar-refractivity contribution in [3.05, 3.63) is 131 Å². The normalized spacial score (nSPS) is 11.1. The van der Waals surface area contributed by atoms with Crippen LogP contribution >= 0.6 is 0 Å². The van der Waals surface area contributed by atoms with E-state index in [0.29, 0.717) is 36.5 Å². The molecule has 0 amide bonds. The molecule has 0 radical (unpaired) electrons. The van der Waals surface area contributed by atoms with Crippen molar-refractivity contribution in [2.75, 3.05) is 6.61 Å². The lowest BCUT2D eigenvalue weighted by molar-refractivity contribution is 0.103. The molecule has 0 saturated carbocycles. The van der Waals surface area contributed by atoms with Gasteiger partial charge in [-0.25, -0.2) is 0 Å². The minimum Gasteiger partial charge on any atom is -0.487 e. The van der Waals surface area contributed by atoms with Gasteiger partial charge in [0.05, 0.1) is 11.2 Å². The summed E-state index contributed by atoms with van der Waals surface area (Å²) in [6.07, 6.45) is 3.04. The Labute approximate surface area is 211 Å². The highest BCUT2D eigenvalue weighted by Gasteiger charge is 2.26. The lowest BCUT2D eigenvalue weighted by Gasteiger charge is -2.12. The van der Waals surface area contributed by atoms with E-state index in [9.17, 15) is 9.90 Å². The molecule has 36 heavy (non-hydrogen) atoms. The highest BCUT2D eigenvalue weighted by molar-refractivity contribution is 6.14. The first kappa shape index (κ1) is 23.6. The van der Waals surface area contributed by atoms with Crippen molar-refractivity contribution in [2.24, 2.45) is 0 Å². The third-order valence-electron chi connectivity index (χ3n) is 6.56. The summed E-state index contributed by atoms with van der Waals surface area (Å²) in [7, 11) is 0. The largest absolute Gasteiger partial charge is 0.487 e. The molecule has 5 aromatic rings. The molecule has 0 unspecified atom stereocenters. The number of rotatable bonds is 9. The van der Waals surface area contributed by atoms with Gasteiger partial charge in [0.15, 0.2) is 0 Å². The van der Waals surface area contributed by atoms with Gasteiger partial charge in [0, 0.05) is 18.4 Å². The van der Waals surface area contributed by atoms with Gasteiger partial charge in [0.25, 0.3) is 0 Å². The number of pyridine rings is 1. The fourth-order valence-corrected chi connectivity index (χ4v) is 4.94. The Balaban J connectivity index is 1.66. The van der Waals surface area contributed by atoms with Crippen LogP contribution in [-0.2, 0) is 19.4 Å². The predicted octanol–water partition coefficient (Wildman–Crippen LogP) is 6.51. The molecule has 1 N–H and O–H groups in total. The minimum absolute atomic E-state index is 0.00603. The molecule has 0 aliphatic carbocycles. The van der Waals surface area contributed by atoms with E-state index >= 15 is 0 Å². The maximum atomic E-state index is 14.2. The lowest BCUT2D eigenvalue weighted by atomic mass is 9.93. The minimum atomic E-state index is -0.0364. The van der Waals surface area contributed by atoms with E-state index in [4.69, 9.17) is 4.74 Å². The molecule has 0 aliphatic heterocycles. The first-order valence-corrected chi connectivity index (χ1v) is 12.3. The first-order chi connectivity index (χ1) is 17.7. The number of ether oxygens (including phenoxy) is 1. The van der Waals surface area contributed by atoms with Crippen LogP contribution in [0.3, 0.4) is 0 Å². The number of ketones is 1. The summed E-state index contributed by atoms with van der Waals surface area (Å²) in [6.45, 7) is 2.47. The third-order valence-corrected chi connectivity index (χ3v) is 6.56. The van der Waals surface area contributed by atoms with E-state index in [-0.39, 0.29) is 12.4 Å². The Kier molecular flexibility index (Phi) is 6.96. The number of carbonyl (C=O) groups is 1.